The molecule has 0 radical (unpaired) electrons. The SMILES string of the molecule is CN(C)c1nc(NCCN)nc(Nc2cc(S)ccc2S(=O)(=O)O)n1. The van der Waals surface area contributed by atoms with Gasteiger partial charge >= 0.3 is 0 Å². The molecule has 0 bridgehead atoms. The first-order valence-electron chi connectivity index (χ1n) is 7.15. The van der Waals surface area contributed by atoms with Gasteiger partial charge < -0.3 is 21.3 Å². The van der Waals surface area contributed by atoms with E-state index in [2.05, 4.69) is 38.2 Å². The molecule has 2 rings (SSSR count). The maximum absolute atomic E-state index is 11.5. The van der Waals surface area contributed by atoms with Crippen molar-refractivity contribution in [1.29, 1.82) is 0 Å². The minimum Gasteiger partial charge on any atom is -0.353 e. The molecular formula is C13H19N7O3S2. The molecule has 12 heteroatoms. The number of thiol groups is 1. The van der Waals surface area contributed by atoms with Crippen LogP contribution < -0.4 is 21.3 Å². The molecule has 0 amide bonds. The number of nitrogens with one attached hydrogen (secondary N) is 2. The first-order valence-corrected chi connectivity index (χ1v) is 9.04. The Morgan fingerprint density at radius 2 is 1.92 bits per heavy atom. The second kappa shape index (κ2) is 7.82. The lowest BCUT2D eigenvalue weighted by Crippen LogP contribution is -2.19. The van der Waals surface area contributed by atoms with Crippen LogP contribution in [0.1, 0.15) is 0 Å². The van der Waals surface area contributed by atoms with Gasteiger partial charge in [-0.05, 0) is 18.2 Å². The van der Waals surface area contributed by atoms with Crippen molar-refractivity contribution in [3.8, 4) is 0 Å². The highest BCUT2D eigenvalue weighted by Gasteiger charge is 2.17. The summed E-state index contributed by atoms with van der Waals surface area (Å²) in [5.41, 5.74) is 5.55. The molecule has 0 aliphatic carbocycles. The molecule has 136 valence electrons. The van der Waals surface area contributed by atoms with Crippen molar-refractivity contribution in [2.75, 3.05) is 42.7 Å². The Labute approximate surface area is 151 Å². The fraction of sp³-hybridized carbons (Fsp3) is 0.308. The van der Waals surface area contributed by atoms with Gasteiger partial charge in [0.25, 0.3) is 10.1 Å². The van der Waals surface area contributed by atoms with Crippen molar-refractivity contribution < 1.29 is 13.0 Å². The van der Waals surface area contributed by atoms with E-state index in [-0.39, 0.29) is 22.5 Å². The van der Waals surface area contributed by atoms with E-state index in [0.29, 0.717) is 23.9 Å². The predicted octanol–water partition coefficient (Wildman–Crippen LogP) is 0.587. The topological polar surface area (TPSA) is 146 Å². The van der Waals surface area contributed by atoms with E-state index in [0.717, 1.165) is 0 Å². The van der Waals surface area contributed by atoms with Gasteiger partial charge in [0, 0.05) is 32.1 Å². The fourth-order valence-electron chi connectivity index (χ4n) is 1.84. The summed E-state index contributed by atoms with van der Waals surface area (Å²) in [6.45, 7) is 0.846. The van der Waals surface area contributed by atoms with Crippen molar-refractivity contribution in [2.24, 2.45) is 5.73 Å². The second-order valence-corrected chi connectivity index (χ2v) is 7.08. The summed E-state index contributed by atoms with van der Waals surface area (Å²) in [4.78, 5) is 14.5. The molecule has 5 N–H and O–H groups in total. The molecule has 0 fully saturated rings. The molecule has 1 aromatic heterocycles. The number of hydrogen-bond donors (Lipinski definition) is 5. The van der Waals surface area contributed by atoms with Crippen LogP contribution >= 0.6 is 12.6 Å². The van der Waals surface area contributed by atoms with Gasteiger partial charge in [0.2, 0.25) is 17.8 Å². The quantitative estimate of drug-likeness (QED) is 0.339. The van der Waals surface area contributed by atoms with E-state index in [4.69, 9.17) is 5.73 Å². The Kier molecular flexibility index (Phi) is 6.00. The van der Waals surface area contributed by atoms with E-state index in [1.54, 1.807) is 19.0 Å². The van der Waals surface area contributed by atoms with Crippen LogP contribution in [0.2, 0.25) is 0 Å². The zero-order chi connectivity index (χ0) is 18.6. The fourth-order valence-corrected chi connectivity index (χ4v) is 2.68. The summed E-state index contributed by atoms with van der Waals surface area (Å²) in [5, 5.41) is 5.72. The molecule has 0 spiro atoms. The van der Waals surface area contributed by atoms with Crippen LogP contribution in [0.3, 0.4) is 0 Å². The van der Waals surface area contributed by atoms with Crippen LogP contribution in [-0.2, 0) is 10.1 Å². The number of nitrogens with two attached hydrogens (primary N) is 1. The molecule has 0 aliphatic heterocycles. The number of anilines is 4. The first kappa shape index (κ1) is 19.2. The highest BCUT2D eigenvalue weighted by Crippen LogP contribution is 2.27. The molecule has 0 saturated carbocycles. The van der Waals surface area contributed by atoms with Gasteiger partial charge in [0.15, 0.2) is 0 Å². The van der Waals surface area contributed by atoms with Crippen LogP contribution in [0.5, 0.6) is 0 Å². The molecular weight excluding hydrogens is 366 g/mol. The Morgan fingerprint density at radius 1 is 1.24 bits per heavy atom. The van der Waals surface area contributed by atoms with Crippen LogP contribution in [0.4, 0.5) is 23.5 Å². The zero-order valence-electron chi connectivity index (χ0n) is 13.6. The molecule has 0 saturated heterocycles. The molecule has 0 unspecified atom stereocenters. The van der Waals surface area contributed by atoms with Gasteiger partial charge in [-0.25, -0.2) is 0 Å². The lowest BCUT2D eigenvalue weighted by Gasteiger charge is -2.15. The molecule has 2 aromatic rings. The van der Waals surface area contributed by atoms with Crippen molar-refractivity contribution in [3.63, 3.8) is 0 Å². The smallest absolute Gasteiger partial charge is 0.296 e. The van der Waals surface area contributed by atoms with E-state index < -0.39 is 10.1 Å². The molecule has 10 nitrogen and oxygen atoms in total. The predicted molar refractivity (Wildman–Crippen MR) is 98.5 cm³/mol. The van der Waals surface area contributed by atoms with Gasteiger partial charge in [-0.2, -0.15) is 23.4 Å². The zero-order valence-corrected chi connectivity index (χ0v) is 15.3. The summed E-state index contributed by atoms with van der Waals surface area (Å²) in [6.07, 6.45) is 0. The monoisotopic (exact) mass is 385 g/mol. The van der Waals surface area contributed by atoms with Gasteiger partial charge in [-0.3, -0.25) is 4.55 Å². The third kappa shape index (κ3) is 5.16. The van der Waals surface area contributed by atoms with Crippen molar-refractivity contribution >= 4 is 46.3 Å². The van der Waals surface area contributed by atoms with E-state index >= 15 is 0 Å². The van der Waals surface area contributed by atoms with Gasteiger partial charge in [-0.1, -0.05) is 0 Å². The number of rotatable bonds is 7. The number of aromatic nitrogens is 3. The highest BCUT2D eigenvalue weighted by atomic mass is 32.2. The van der Waals surface area contributed by atoms with Crippen molar-refractivity contribution in [2.45, 2.75) is 9.79 Å². The van der Waals surface area contributed by atoms with E-state index in [1.165, 1.54) is 18.2 Å². The third-order valence-electron chi connectivity index (χ3n) is 2.94. The minimum atomic E-state index is -4.43. The highest BCUT2D eigenvalue weighted by molar-refractivity contribution is 7.86. The lowest BCUT2D eigenvalue weighted by atomic mass is 10.3. The second-order valence-electron chi connectivity index (χ2n) is 5.17. The van der Waals surface area contributed by atoms with Crippen LogP contribution in [0, 0.1) is 0 Å². The average molecular weight is 385 g/mol. The Balaban J connectivity index is 2.46. The van der Waals surface area contributed by atoms with Crippen molar-refractivity contribution in [1.82, 2.24) is 15.0 Å². The number of benzene rings is 1. The summed E-state index contributed by atoms with van der Waals surface area (Å²) in [5.74, 6) is 0.733. The van der Waals surface area contributed by atoms with Gasteiger partial charge in [0.1, 0.15) is 4.90 Å². The summed E-state index contributed by atoms with van der Waals surface area (Å²) >= 11 is 4.18. The maximum Gasteiger partial charge on any atom is 0.296 e. The van der Waals surface area contributed by atoms with Crippen LogP contribution in [0.15, 0.2) is 28.0 Å². The first-order chi connectivity index (χ1) is 11.7. The number of nitrogens with zero attached hydrogens (tertiary/aromatic N) is 4. The molecule has 1 aromatic carbocycles. The molecule has 0 atom stereocenters. The largest absolute Gasteiger partial charge is 0.353 e. The van der Waals surface area contributed by atoms with Gasteiger partial charge in [-0.15, -0.1) is 12.6 Å². The third-order valence-corrected chi connectivity index (χ3v) is 4.13. The van der Waals surface area contributed by atoms with Gasteiger partial charge in [0.05, 0.1) is 5.69 Å². The number of hydrogen-bond acceptors (Lipinski definition) is 10. The molecule has 1 heterocycles. The summed E-state index contributed by atoms with van der Waals surface area (Å²) < 4.78 is 32.5. The summed E-state index contributed by atoms with van der Waals surface area (Å²) in [6, 6.07) is 4.13. The van der Waals surface area contributed by atoms with Crippen LogP contribution in [0.25, 0.3) is 0 Å². The minimum absolute atomic E-state index is 0.0932. The normalized spacial score (nSPS) is 11.2. The molecule has 25 heavy (non-hydrogen) atoms. The van der Waals surface area contributed by atoms with E-state index in [1.807, 2.05) is 0 Å². The standard InChI is InChI=1S/C13H19N7O3S2/c1-20(2)13-18-11(15-6-5-14)17-12(19-13)16-9-7-8(24)3-4-10(9)25(21,22)23/h3-4,7,24H,5-6,14H2,1-2H3,(H,21,22,23)(H2,15,16,17,18,19). The average Bonchev–Trinajstić information content (AvgIpc) is 2.51. The Hall–Kier alpha value is -2.15. The molecule has 0 aliphatic rings. The van der Waals surface area contributed by atoms with Crippen molar-refractivity contribution in [3.05, 3.63) is 18.2 Å². The lowest BCUT2D eigenvalue weighted by molar-refractivity contribution is 0.483. The van der Waals surface area contributed by atoms with Crippen LogP contribution in [-0.4, -0.2) is 55.1 Å². The van der Waals surface area contributed by atoms with E-state index in [9.17, 15) is 13.0 Å². The Morgan fingerprint density at radius 3 is 2.52 bits per heavy atom. The maximum atomic E-state index is 11.5. The summed E-state index contributed by atoms with van der Waals surface area (Å²) in [7, 11) is -0.924. The Bertz CT molecular complexity index is 859.